The van der Waals surface area contributed by atoms with Gasteiger partial charge in [-0.1, -0.05) is 0 Å². The van der Waals surface area contributed by atoms with Crippen LogP contribution in [0.2, 0.25) is 0 Å². The minimum Gasteiger partial charge on any atom is -0.478 e. The number of aromatic nitrogens is 1. The average Bonchev–Trinajstić information content (AvgIpc) is 2.65. The van der Waals surface area contributed by atoms with Gasteiger partial charge in [0.25, 0.3) is 0 Å². The topological polar surface area (TPSA) is 62.5 Å². The third kappa shape index (κ3) is 1.88. The minimum absolute atomic E-state index is 0.290. The number of carboxylic acids is 1. The lowest BCUT2D eigenvalue weighted by Gasteiger charge is -2.05. The summed E-state index contributed by atoms with van der Waals surface area (Å²) in [6.45, 7) is 6.29. The summed E-state index contributed by atoms with van der Waals surface area (Å²) >= 11 is 0. The van der Waals surface area contributed by atoms with Crippen molar-refractivity contribution in [3.05, 3.63) is 35.0 Å². The van der Waals surface area contributed by atoms with Crippen LogP contribution in [0.4, 0.5) is 0 Å². The van der Waals surface area contributed by atoms with Gasteiger partial charge in [-0.2, -0.15) is 0 Å². The number of aliphatic hydroxyl groups excluding tert-OH is 1. The molecule has 1 aromatic carbocycles. The van der Waals surface area contributed by atoms with Gasteiger partial charge in [-0.3, -0.25) is 0 Å². The van der Waals surface area contributed by atoms with Crippen molar-refractivity contribution in [2.24, 2.45) is 0 Å². The van der Waals surface area contributed by atoms with E-state index in [2.05, 4.69) is 0 Å². The second-order valence-corrected chi connectivity index (χ2v) is 4.54. The number of hydrogen-bond acceptors (Lipinski definition) is 2. The number of carboxylic acid groups (broad SMARTS) is 1. The smallest absolute Gasteiger partial charge is 0.335 e. The highest BCUT2D eigenvalue weighted by Gasteiger charge is 2.16. The molecule has 1 heterocycles. The standard InChI is InChI=1S/C14H17NO3/c1-4-15-7-12(9(3)16)11-6-10(14(17)18)8(2)5-13(11)15/h5-7,9,16H,4H2,1-3H3,(H,17,18). The minimum atomic E-state index is -0.935. The molecule has 0 aliphatic heterocycles. The summed E-state index contributed by atoms with van der Waals surface area (Å²) in [7, 11) is 0. The van der Waals surface area contributed by atoms with E-state index in [9.17, 15) is 9.90 Å². The van der Waals surface area contributed by atoms with Crippen LogP contribution in [-0.4, -0.2) is 20.7 Å². The van der Waals surface area contributed by atoms with E-state index in [1.165, 1.54) is 0 Å². The van der Waals surface area contributed by atoms with Crippen molar-refractivity contribution in [2.75, 3.05) is 0 Å². The fourth-order valence-electron chi connectivity index (χ4n) is 2.29. The Morgan fingerprint density at radius 2 is 2.11 bits per heavy atom. The van der Waals surface area contributed by atoms with E-state index >= 15 is 0 Å². The molecule has 18 heavy (non-hydrogen) atoms. The fraction of sp³-hybridized carbons (Fsp3) is 0.357. The van der Waals surface area contributed by atoms with Crippen molar-refractivity contribution >= 4 is 16.9 Å². The van der Waals surface area contributed by atoms with Gasteiger partial charge in [0.05, 0.1) is 11.7 Å². The van der Waals surface area contributed by atoms with Crippen LogP contribution in [0, 0.1) is 6.92 Å². The molecule has 1 unspecified atom stereocenters. The second-order valence-electron chi connectivity index (χ2n) is 4.54. The highest BCUT2D eigenvalue weighted by atomic mass is 16.4. The van der Waals surface area contributed by atoms with Gasteiger partial charge >= 0.3 is 5.97 Å². The molecule has 0 fully saturated rings. The zero-order valence-electron chi connectivity index (χ0n) is 10.8. The number of rotatable bonds is 3. The van der Waals surface area contributed by atoms with Crippen LogP contribution in [0.3, 0.4) is 0 Å². The van der Waals surface area contributed by atoms with Crippen molar-refractivity contribution in [2.45, 2.75) is 33.4 Å². The summed E-state index contributed by atoms with van der Waals surface area (Å²) in [4.78, 5) is 11.2. The van der Waals surface area contributed by atoms with Crippen LogP contribution in [0.1, 0.15) is 41.4 Å². The van der Waals surface area contributed by atoms with E-state index < -0.39 is 12.1 Å². The molecule has 1 atom stereocenters. The summed E-state index contributed by atoms with van der Waals surface area (Å²) in [6, 6.07) is 3.52. The number of hydrogen-bond donors (Lipinski definition) is 2. The summed E-state index contributed by atoms with van der Waals surface area (Å²) in [5, 5.41) is 19.7. The lowest BCUT2D eigenvalue weighted by Crippen LogP contribution is -2.00. The van der Waals surface area contributed by atoms with Gasteiger partial charge in [0.1, 0.15) is 0 Å². The Morgan fingerprint density at radius 3 is 2.61 bits per heavy atom. The van der Waals surface area contributed by atoms with Crippen molar-refractivity contribution in [3.8, 4) is 0 Å². The Hall–Kier alpha value is -1.81. The van der Waals surface area contributed by atoms with E-state index in [-0.39, 0.29) is 0 Å². The summed E-state index contributed by atoms with van der Waals surface area (Å²) < 4.78 is 2.02. The van der Waals surface area contributed by atoms with E-state index in [4.69, 9.17) is 5.11 Å². The molecular formula is C14H17NO3. The first-order chi connectivity index (χ1) is 8.45. The van der Waals surface area contributed by atoms with Gasteiger partial charge in [-0.05, 0) is 38.5 Å². The molecule has 2 N–H and O–H groups in total. The van der Waals surface area contributed by atoms with E-state index in [1.54, 1.807) is 19.9 Å². The molecule has 0 aliphatic carbocycles. The van der Waals surface area contributed by atoms with Crippen molar-refractivity contribution in [1.29, 1.82) is 0 Å². The maximum Gasteiger partial charge on any atom is 0.335 e. The maximum atomic E-state index is 11.2. The van der Waals surface area contributed by atoms with Crippen LogP contribution >= 0.6 is 0 Å². The maximum absolute atomic E-state index is 11.2. The molecule has 4 nitrogen and oxygen atoms in total. The Morgan fingerprint density at radius 1 is 1.44 bits per heavy atom. The predicted octanol–water partition coefficient (Wildman–Crippen LogP) is 2.72. The lowest BCUT2D eigenvalue weighted by atomic mass is 10.0. The van der Waals surface area contributed by atoms with E-state index in [0.29, 0.717) is 5.56 Å². The highest BCUT2D eigenvalue weighted by Crippen LogP contribution is 2.29. The Kier molecular flexibility index (Phi) is 3.13. The van der Waals surface area contributed by atoms with Gasteiger partial charge in [0.2, 0.25) is 0 Å². The number of benzene rings is 1. The molecule has 0 amide bonds. The molecule has 2 aromatic rings. The fourth-order valence-corrected chi connectivity index (χ4v) is 2.29. The first-order valence-corrected chi connectivity index (χ1v) is 6.00. The Bertz CT molecular complexity index is 611. The lowest BCUT2D eigenvalue weighted by molar-refractivity contribution is 0.0696. The second kappa shape index (κ2) is 4.46. The van der Waals surface area contributed by atoms with Gasteiger partial charge in [0.15, 0.2) is 0 Å². The molecule has 4 heteroatoms. The summed E-state index contributed by atoms with van der Waals surface area (Å²) in [5.74, 6) is -0.935. The SMILES string of the molecule is CCn1cc(C(C)O)c2cc(C(=O)O)c(C)cc21. The van der Waals surface area contributed by atoms with Crippen molar-refractivity contribution in [1.82, 2.24) is 4.57 Å². The zero-order valence-corrected chi connectivity index (χ0v) is 10.8. The summed E-state index contributed by atoms with van der Waals surface area (Å²) in [6.07, 6.45) is 1.28. The number of aliphatic hydroxyl groups is 1. The molecule has 0 aliphatic rings. The number of aromatic carboxylic acids is 1. The quantitative estimate of drug-likeness (QED) is 0.876. The molecular weight excluding hydrogens is 230 g/mol. The van der Waals surface area contributed by atoms with Crippen LogP contribution in [-0.2, 0) is 6.54 Å². The van der Waals surface area contributed by atoms with Crippen molar-refractivity contribution < 1.29 is 15.0 Å². The third-order valence-corrected chi connectivity index (χ3v) is 3.28. The average molecular weight is 247 g/mol. The van der Waals surface area contributed by atoms with E-state index in [1.807, 2.05) is 23.8 Å². The Balaban J connectivity index is 2.81. The molecule has 0 bridgehead atoms. The number of carbonyl (C=O) groups is 1. The largest absolute Gasteiger partial charge is 0.478 e. The summed E-state index contributed by atoms with van der Waals surface area (Å²) in [5.41, 5.74) is 2.77. The first-order valence-electron chi connectivity index (χ1n) is 6.00. The molecule has 0 spiro atoms. The van der Waals surface area contributed by atoms with Crippen LogP contribution in [0.15, 0.2) is 18.3 Å². The zero-order chi connectivity index (χ0) is 13.4. The monoisotopic (exact) mass is 247 g/mol. The normalized spacial score (nSPS) is 12.9. The van der Waals surface area contributed by atoms with Gasteiger partial charge in [0, 0.05) is 29.2 Å². The van der Waals surface area contributed by atoms with Gasteiger partial charge in [-0.25, -0.2) is 4.79 Å². The molecule has 1 aromatic heterocycles. The third-order valence-electron chi connectivity index (χ3n) is 3.28. The number of aryl methyl sites for hydroxylation is 2. The molecule has 96 valence electrons. The predicted molar refractivity (Wildman–Crippen MR) is 69.9 cm³/mol. The molecule has 2 rings (SSSR count). The van der Waals surface area contributed by atoms with E-state index in [0.717, 1.165) is 28.6 Å². The number of nitrogens with zero attached hydrogens (tertiary/aromatic N) is 1. The molecule has 0 saturated carbocycles. The molecule has 0 saturated heterocycles. The highest BCUT2D eigenvalue weighted by molar-refractivity contribution is 5.96. The van der Waals surface area contributed by atoms with Gasteiger partial charge < -0.3 is 14.8 Å². The number of fused-ring (bicyclic) bond motifs is 1. The van der Waals surface area contributed by atoms with Gasteiger partial charge in [-0.15, -0.1) is 0 Å². The van der Waals surface area contributed by atoms with Crippen molar-refractivity contribution in [3.63, 3.8) is 0 Å². The Labute approximate surface area is 105 Å². The van der Waals surface area contributed by atoms with Crippen LogP contribution < -0.4 is 0 Å². The molecule has 0 radical (unpaired) electrons. The van der Waals surface area contributed by atoms with Crippen LogP contribution in [0.5, 0.6) is 0 Å². The van der Waals surface area contributed by atoms with Crippen LogP contribution in [0.25, 0.3) is 10.9 Å². The first kappa shape index (κ1) is 12.6.